The lowest BCUT2D eigenvalue weighted by molar-refractivity contribution is -0.130. The smallest absolute Gasteiger partial charge is 0.412 e. The number of anilines is 1. The third-order valence-electron chi connectivity index (χ3n) is 3.42. The van der Waals surface area contributed by atoms with E-state index in [4.69, 9.17) is 9.47 Å². The highest BCUT2D eigenvalue weighted by Gasteiger charge is 2.18. The van der Waals surface area contributed by atoms with Crippen molar-refractivity contribution in [3.05, 3.63) is 29.8 Å². The van der Waals surface area contributed by atoms with Gasteiger partial charge in [-0.1, -0.05) is 6.92 Å². The van der Waals surface area contributed by atoms with Gasteiger partial charge in [0, 0.05) is 12.2 Å². The number of rotatable bonds is 8. The minimum atomic E-state index is -0.731. The summed E-state index contributed by atoms with van der Waals surface area (Å²) in [5.74, 6) is -1.59. The molecule has 0 aliphatic rings. The van der Waals surface area contributed by atoms with Crippen molar-refractivity contribution in [2.24, 2.45) is 0 Å². The van der Waals surface area contributed by atoms with Gasteiger partial charge >= 0.3 is 12.1 Å². The third kappa shape index (κ3) is 9.59. The van der Waals surface area contributed by atoms with Gasteiger partial charge in [0.05, 0.1) is 5.56 Å². The Morgan fingerprint density at radius 1 is 1.07 bits per heavy atom. The molecule has 0 bridgehead atoms. The average molecular weight is 407 g/mol. The molecule has 0 aliphatic heterocycles. The number of nitrogens with one attached hydrogen (secondary N) is 3. The zero-order valence-electron chi connectivity index (χ0n) is 17.5. The number of esters is 1. The Hall–Kier alpha value is -3.10. The van der Waals surface area contributed by atoms with Gasteiger partial charge in [0.1, 0.15) is 11.6 Å². The first kappa shape index (κ1) is 23.9. The summed E-state index contributed by atoms with van der Waals surface area (Å²) in [7, 11) is 0. The van der Waals surface area contributed by atoms with Crippen LogP contribution in [0.2, 0.25) is 0 Å². The normalized spacial score (nSPS) is 11.8. The van der Waals surface area contributed by atoms with E-state index < -0.39 is 36.2 Å². The second-order valence-corrected chi connectivity index (χ2v) is 7.36. The van der Waals surface area contributed by atoms with Crippen molar-refractivity contribution in [2.45, 2.75) is 52.7 Å². The number of ether oxygens (including phenoxy) is 2. The molecule has 0 spiro atoms. The van der Waals surface area contributed by atoms with Crippen LogP contribution in [0.15, 0.2) is 24.3 Å². The Labute approximate surface area is 170 Å². The first-order valence-electron chi connectivity index (χ1n) is 9.36. The maximum absolute atomic E-state index is 12.0. The Bertz CT molecular complexity index is 725. The molecule has 9 heteroatoms. The molecule has 0 fully saturated rings. The number of hydrogen-bond donors (Lipinski definition) is 3. The van der Waals surface area contributed by atoms with Gasteiger partial charge in [-0.05, 0) is 58.4 Å². The molecule has 3 amide bonds. The van der Waals surface area contributed by atoms with E-state index in [0.717, 1.165) is 6.42 Å². The molecule has 1 rings (SSSR count). The van der Waals surface area contributed by atoms with Gasteiger partial charge in [0.15, 0.2) is 6.61 Å². The van der Waals surface area contributed by atoms with E-state index >= 15 is 0 Å². The van der Waals surface area contributed by atoms with Gasteiger partial charge in [0.2, 0.25) is 5.91 Å². The van der Waals surface area contributed by atoms with Gasteiger partial charge in [-0.3, -0.25) is 14.9 Å². The zero-order valence-corrected chi connectivity index (χ0v) is 17.5. The van der Waals surface area contributed by atoms with Gasteiger partial charge in [0.25, 0.3) is 5.91 Å². The highest BCUT2D eigenvalue weighted by molar-refractivity contribution is 5.93. The molecule has 0 unspecified atom stereocenters. The SMILES string of the molecule is CCCNC(=O)[C@H](C)NC(=O)COC(=O)c1ccc(NC(=O)OC(C)(C)C)cc1. The summed E-state index contributed by atoms with van der Waals surface area (Å²) in [6.45, 7) is 8.72. The number of amides is 3. The topological polar surface area (TPSA) is 123 Å². The lowest BCUT2D eigenvalue weighted by Crippen LogP contribution is -2.46. The molecular weight excluding hydrogens is 378 g/mol. The van der Waals surface area contributed by atoms with Crippen LogP contribution in [-0.4, -0.2) is 48.7 Å². The van der Waals surface area contributed by atoms with Crippen LogP contribution in [0.5, 0.6) is 0 Å². The largest absolute Gasteiger partial charge is 0.452 e. The summed E-state index contributed by atoms with van der Waals surface area (Å²) in [5.41, 5.74) is 0.0319. The predicted molar refractivity (Wildman–Crippen MR) is 107 cm³/mol. The van der Waals surface area contributed by atoms with E-state index in [1.807, 2.05) is 6.92 Å². The van der Waals surface area contributed by atoms with E-state index in [1.54, 1.807) is 27.7 Å². The van der Waals surface area contributed by atoms with Gasteiger partial charge in [-0.15, -0.1) is 0 Å². The van der Waals surface area contributed by atoms with E-state index in [-0.39, 0.29) is 11.5 Å². The predicted octanol–water partition coefficient (Wildman–Crippen LogP) is 2.22. The van der Waals surface area contributed by atoms with Crippen LogP contribution in [0.3, 0.4) is 0 Å². The highest BCUT2D eigenvalue weighted by Crippen LogP contribution is 2.13. The second kappa shape index (κ2) is 11.0. The minimum Gasteiger partial charge on any atom is -0.452 e. The Kier molecular flexibility index (Phi) is 9.11. The molecule has 0 saturated heterocycles. The molecule has 9 nitrogen and oxygen atoms in total. The lowest BCUT2D eigenvalue weighted by atomic mass is 10.2. The minimum absolute atomic E-state index is 0.210. The van der Waals surface area contributed by atoms with Crippen LogP contribution in [0.25, 0.3) is 0 Å². The molecule has 160 valence electrons. The summed E-state index contributed by atoms with van der Waals surface area (Å²) in [6, 6.07) is 5.20. The fourth-order valence-corrected chi connectivity index (χ4v) is 2.08. The van der Waals surface area contributed by atoms with E-state index in [1.165, 1.54) is 24.3 Å². The first-order valence-corrected chi connectivity index (χ1v) is 9.36. The Morgan fingerprint density at radius 2 is 1.69 bits per heavy atom. The monoisotopic (exact) mass is 407 g/mol. The van der Waals surface area contributed by atoms with Crippen LogP contribution in [0.4, 0.5) is 10.5 Å². The summed E-state index contributed by atoms with van der Waals surface area (Å²) in [6.07, 6.45) is 0.178. The Morgan fingerprint density at radius 3 is 2.24 bits per heavy atom. The van der Waals surface area contributed by atoms with Gasteiger partial charge in [-0.25, -0.2) is 9.59 Å². The van der Waals surface area contributed by atoms with Crippen molar-refractivity contribution in [1.29, 1.82) is 0 Å². The molecule has 29 heavy (non-hydrogen) atoms. The molecule has 1 atom stereocenters. The van der Waals surface area contributed by atoms with Crippen molar-refractivity contribution >= 4 is 29.6 Å². The molecule has 0 aromatic heterocycles. The van der Waals surface area contributed by atoms with Crippen LogP contribution < -0.4 is 16.0 Å². The fraction of sp³-hybridized carbons (Fsp3) is 0.500. The average Bonchev–Trinajstić information content (AvgIpc) is 2.63. The highest BCUT2D eigenvalue weighted by atomic mass is 16.6. The first-order chi connectivity index (χ1) is 13.5. The van der Waals surface area contributed by atoms with E-state index in [9.17, 15) is 19.2 Å². The van der Waals surface area contributed by atoms with Gasteiger partial charge in [-0.2, -0.15) is 0 Å². The summed E-state index contributed by atoms with van der Waals surface area (Å²) in [4.78, 5) is 47.3. The molecule has 0 aliphatic carbocycles. The molecule has 0 radical (unpaired) electrons. The fourth-order valence-electron chi connectivity index (χ4n) is 2.08. The van der Waals surface area contributed by atoms with Gasteiger partial charge < -0.3 is 20.1 Å². The quantitative estimate of drug-likeness (QED) is 0.568. The standard InChI is InChI=1S/C20H29N3O6/c1-6-11-21-17(25)13(2)22-16(24)12-28-18(26)14-7-9-15(10-8-14)23-19(27)29-20(3,4)5/h7-10,13H,6,11-12H2,1-5H3,(H,21,25)(H,22,24)(H,23,27)/t13-/m0/s1. The van der Waals surface area contributed by atoms with Crippen molar-refractivity contribution in [3.8, 4) is 0 Å². The zero-order chi connectivity index (χ0) is 22.0. The van der Waals surface area contributed by atoms with Crippen LogP contribution in [0.1, 0.15) is 51.4 Å². The van der Waals surface area contributed by atoms with Crippen molar-refractivity contribution in [1.82, 2.24) is 10.6 Å². The Balaban J connectivity index is 2.47. The van der Waals surface area contributed by atoms with Crippen molar-refractivity contribution in [3.63, 3.8) is 0 Å². The number of hydrogen-bond acceptors (Lipinski definition) is 6. The van der Waals surface area contributed by atoms with Crippen LogP contribution >= 0.6 is 0 Å². The van der Waals surface area contributed by atoms with Crippen LogP contribution in [0, 0.1) is 0 Å². The molecule has 3 N–H and O–H groups in total. The number of benzene rings is 1. The lowest BCUT2D eigenvalue weighted by Gasteiger charge is -2.19. The maximum atomic E-state index is 12.0. The molecule has 0 heterocycles. The number of carbonyl (C=O) groups excluding carboxylic acids is 4. The van der Waals surface area contributed by atoms with Crippen LogP contribution in [-0.2, 0) is 19.1 Å². The summed E-state index contributed by atoms with van der Waals surface area (Å²) in [5, 5.41) is 7.66. The molecule has 0 saturated carbocycles. The number of carbonyl (C=O) groups is 4. The molecule has 1 aromatic carbocycles. The molecular formula is C20H29N3O6. The molecule has 1 aromatic rings. The third-order valence-corrected chi connectivity index (χ3v) is 3.42. The van der Waals surface area contributed by atoms with Crippen molar-refractivity contribution in [2.75, 3.05) is 18.5 Å². The summed E-state index contributed by atoms with van der Waals surface area (Å²) >= 11 is 0. The second-order valence-electron chi connectivity index (χ2n) is 7.36. The van der Waals surface area contributed by atoms with E-state index in [2.05, 4.69) is 16.0 Å². The van der Waals surface area contributed by atoms with Crippen molar-refractivity contribution < 1.29 is 28.7 Å². The maximum Gasteiger partial charge on any atom is 0.412 e. The summed E-state index contributed by atoms with van der Waals surface area (Å²) < 4.78 is 10.1. The van der Waals surface area contributed by atoms with E-state index in [0.29, 0.717) is 12.2 Å².